The molecule has 19 heteroatoms. The van der Waals surface area contributed by atoms with Crippen LogP contribution in [0.3, 0.4) is 0 Å². The minimum atomic E-state index is -5.01. The highest BCUT2D eigenvalue weighted by Crippen LogP contribution is 2.45. The van der Waals surface area contributed by atoms with Crippen LogP contribution in [-0.2, 0) is 65.4 Å². The summed E-state index contributed by atoms with van der Waals surface area (Å²) in [5.74, 6) is -2.35. The molecule has 17 nitrogen and oxygen atoms in total. The van der Waals surface area contributed by atoms with Crippen molar-refractivity contribution in [3.8, 4) is 0 Å². The molecule has 0 amide bonds. The molecular formula is C83H134O17P2. The number of esters is 4. The first-order valence-corrected chi connectivity index (χ1v) is 41.4. The van der Waals surface area contributed by atoms with Gasteiger partial charge in [-0.25, -0.2) is 9.13 Å². The van der Waals surface area contributed by atoms with E-state index >= 15 is 0 Å². The zero-order valence-electron chi connectivity index (χ0n) is 63.0. The smallest absolute Gasteiger partial charge is 0.462 e. The predicted octanol–water partition coefficient (Wildman–Crippen LogP) is 22.2. The van der Waals surface area contributed by atoms with Gasteiger partial charge in [-0.2, -0.15) is 0 Å². The summed E-state index contributed by atoms with van der Waals surface area (Å²) < 4.78 is 68.3. The number of allylic oxidation sites excluding steroid dienone is 28. The topological polar surface area (TPSA) is 237 Å². The van der Waals surface area contributed by atoms with E-state index in [0.717, 1.165) is 173 Å². The number of hydrogen-bond donors (Lipinski definition) is 3. The number of ether oxygens (including phenoxy) is 4. The molecule has 3 N–H and O–H groups in total. The Labute approximate surface area is 616 Å². The minimum Gasteiger partial charge on any atom is -0.462 e. The molecule has 0 aromatic rings. The molecule has 0 saturated heterocycles. The van der Waals surface area contributed by atoms with Crippen molar-refractivity contribution >= 4 is 39.5 Å². The van der Waals surface area contributed by atoms with Crippen LogP contribution in [-0.4, -0.2) is 96.7 Å². The van der Waals surface area contributed by atoms with Gasteiger partial charge in [-0.05, 0) is 154 Å². The van der Waals surface area contributed by atoms with E-state index in [4.69, 9.17) is 37.0 Å². The van der Waals surface area contributed by atoms with E-state index in [1.807, 2.05) is 18.2 Å². The van der Waals surface area contributed by atoms with Crippen LogP contribution < -0.4 is 0 Å². The summed E-state index contributed by atoms with van der Waals surface area (Å²) >= 11 is 0. The molecule has 0 bridgehead atoms. The van der Waals surface area contributed by atoms with Gasteiger partial charge >= 0.3 is 39.5 Å². The van der Waals surface area contributed by atoms with E-state index in [-0.39, 0.29) is 25.7 Å². The number of hydrogen-bond acceptors (Lipinski definition) is 15. The largest absolute Gasteiger partial charge is 0.472 e. The van der Waals surface area contributed by atoms with Crippen LogP contribution in [0.25, 0.3) is 0 Å². The van der Waals surface area contributed by atoms with Crippen LogP contribution in [0.4, 0.5) is 0 Å². The van der Waals surface area contributed by atoms with Gasteiger partial charge in [0.25, 0.3) is 0 Å². The number of aliphatic hydroxyl groups is 1. The molecule has 0 aromatic carbocycles. The lowest BCUT2D eigenvalue weighted by molar-refractivity contribution is -0.161. The molecule has 0 heterocycles. The van der Waals surface area contributed by atoms with Crippen molar-refractivity contribution in [1.29, 1.82) is 0 Å². The van der Waals surface area contributed by atoms with Gasteiger partial charge in [0, 0.05) is 25.7 Å². The summed E-state index contributed by atoms with van der Waals surface area (Å²) in [5, 5.41) is 10.6. The standard InChI is InChI=1S/C83H134O17P2/c1-5-9-13-17-21-25-29-32-34-36-38-40-42-45-49-52-56-60-64-68-81(86)94-74-79(100-83(88)70-66-62-58-54-50-46-43-41-39-37-35-33-30-26-22-18-14-10-6-2)76-98-102(91,92)96-72-77(84)71-95-101(89,90)97-75-78(99-82(87)69-65-61-57-53-47-28-24-20-16-12-8-4)73-93-80(85)67-63-59-55-51-48-44-31-27-23-19-15-11-7-3/h9-10,13-15,19-22,24-27,31-35,38-41,45-46,49-50,56,60,77-79,84H,5-8,11-12,16-18,23,28-30,36-37,42-44,47-48,51-55,57-59,61-76H2,1-4H3,(H,89,90)(H,91,92)/b13-9-,14-10-,19-15-,24-20-,25-21-,26-22-,31-27-,34-32-,35-33-,40-38-,41-39-,49-45-,50-46-,60-56-. The molecule has 0 aliphatic heterocycles. The molecule has 0 spiro atoms. The van der Waals surface area contributed by atoms with Crippen molar-refractivity contribution in [2.24, 2.45) is 0 Å². The predicted molar refractivity (Wildman–Crippen MR) is 417 cm³/mol. The monoisotopic (exact) mass is 1460 g/mol. The van der Waals surface area contributed by atoms with Gasteiger partial charge in [0.05, 0.1) is 26.4 Å². The van der Waals surface area contributed by atoms with Crippen molar-refractivity contribution in [1.82, 2.24) is 0 Å². The fourth-order valence-electron chi connectivity index (χ4n) is 9.35. The van der Waals surface area contributed by atoms with Crippen LogP contribution in [0.5, 0.6) is 0 Å². The average molecular weight is 1470 g/mol. The Morgan fingerprint density at radius 2 is 0.549 bits per heavy atom. The number of carbonyl (C=O) groups is 4. The van der Waals surface area contributed by atoms with Gasteiger partial charge < -0.3 is 33.8 Å². The highest BCUT2D eigenvalue weighted by Gasteiger charge is 2.30. The zero-order chi connectivity index (χ0) is 74.6. The first kappa shape index (κ1) is 96.4. The van der Waals surface area contributed by atoms with Crippen molar-refractivity contribution in [3.05, 3.63) is 170 Å². The number of phosphoric ester groups is 2. The quantitative estimate of drug-likeness (QED) is 0.0169. The summed E-state index contributed by atoms with van der Waals surface area (Å²) in [6, 6.07) is 0. The number of aliphatic hydroxyl groups excluding tert-OH is 1. The summed E-state index contributed by atoms with van der Waals surface area (Å²) in [4.78, 5) is 72.8. The first-order valence-electron chi connectivity index (χ1n) is 38.4. The van der Waals surface area contributed by atoms with Gasteiger partial charge in [0.2, 0.25) is 0 Å². The van der Waals surface area contributed by atoms with E-state index < -0.39 is 97.5 Å². The third kappa shape index (κ3) is 72.8. The molecule has 0 aliphatic carbocycles. The lowest BCUT2D eigenvalue weighted by Gasteiger charge is -2.21. The van der Waals surface area contributed by atoms with Crippen molar-refractivity contribution < 1.29 is 80.2 Å². The minimum absolute atomic E-state index is 0.0217. The zero-order valence-corrected chi connectivity index (χ0v) is 64.8. The van der Waals surface area contributed by atoms with Gasteiger partial charge in [0.1, 0.15) is 19.3 Å². The Balaban J connectivity index is 5.48. The van der Waals surface area contributed by atoms with Gasteiger partial charge in [-0.3, -0.25) is 37.3 Å². The molecule has 0 aromatic heterocycles. The molecule has 0 aliphatic rings. The van der Waals surface area contributed by atoms with E-state index in [0.29, 0.717) is 32.1 Å². The number of unbranched alkanes of at least 4 members (excludes halogenated alkanes) is 16. The SMILES string of the molecule is CC/C=C\C/C=C\C/C=C\C/C=C\C/C=C\C/C=C\CCC(=O)OCC(COP(=O)(O)OCC(O)COP(=O)(O)OCC(COC(=O)CCCCCCC/C=C\C/C=C\CCC)OC(=O)CCCCCCC/C=C\CCCC)OC(=O)CCCCC/C=C\C/C=C\C/C=C\C/C=C\C/C=C\CC. The second-order valence-electron chi connectivity index (χ2n) is 24.8. The second kappa shape index (κ2) is 73.7. The van der Waals surface area contributed by atoms with Crippen molar-refractivity contribution in [3.63, 3.8) is 0 Å². The lowest BCUT2D eigenvalue weighted by atomic mass is 10.1. The molecule has 0 rings (SSSR count). The Morgan fingerprint density at radius 3 is 0.902 bits per heavy atom. The number of rotatable bonds is 70. The Morgan fingerprint density at radius 1 is 0.284 bits per heavy atom. The summed E-state index contributed by atoms with van der Waals surface area (Å²) in [6.07, 6.45) is 86.5. The molecule has 102 heavy (non-hydrogen) atoms. The normalized spacial score (nSPS) is 14.9. The lowest BCUT2D eigenvalue weighted by Crippen LogP contribution is -2.30. The number of phosphoric acid groups is 2. The summed E-state index contributed by atoms with van der Waals surface area (Å²) in [6.45, 7) is 4.36. The van der Waals surface area contributed by atoms with Crippen LogP contribution in [0.2, 0.25) is 0 Å². The first-order chi connectivity index (χ1) is 49.7. The van der Waals surface area contributed by atoms with Crippen LogP contribution in [0, 0.1) is 0 Å². The molecule has 0 saturated carbocycles. The maximum absolute atomic E-state index is 13.1. The molecule has 0 fully saturated rings. The van der Waals surface area contributed by atoms with Gasteiger partial charge in [-0.1, -0.05) is 262 Å². The fourth-order valence-corrected chi connectivity index (χ4v) is 10.9. The van der Waals surface area contributed by atoms with Crippen molar-refractivity contribution in [2.45, 2.75) is 290 Å². The van der Waals surface area contributed by atoms with E-state index in [9.17, 15) is 43.2 Å². The van der Waals surface area contributed by atoms with Gasteiger partial charge in [-0.15, -0.1) is 0 Å². The summed E-state index contributed by atoms with van der Waals surface area (Å²) in [7, 11) is -10.0. The highest BCUT2D eigenvalue weighted by molar-refractivity contribution is 7.47. The Hall–Kier alpha value is -5.58. The number of carbonyl (C=O) groups excluding carboxylic acids is 4. The molecular weight excluding hydrogens is 1330 g/mol. The molecule has 0 radical (unpaired) electrons. The fraction of sp³-hybridized carbons (Fsp3) is 0.614. The van der Waals surface area contributed by atoms with E-state index in [2.05, 4.69) is 180 Å². The van der Waals surface area contributed by atoms with Crippen LogP contribution >= 0.6 is 15.6 Å². The molecule has 578 valence electrons. The third-order valence-corrected chi connectivity index (χ3v) is 17.0. The van der Waals surface area contributed by atoms with E-state index in [1.165, 1.54) is 12.8 Å². The average Bonchev–Trinajstić information content (AvgIpc) is 0.940. The summed E-state index contributed by atoms with van der Waals surface area (Å²) in [5.41, 5.74) is 0. The van der Waals surface area contributed by atoms with Crippen LogP contribution in [0.1, 0.15) is 272 Å². The Kier molecular flexibility index (Phi) is 69.7. The maximum atomic E-state index is 13.1. The second-order valence-corrected chi connectivity index (χ2v) is 27.7. The van der Waals surface area contributed by atoms with E-state index in [1.54, 1.807) is 0 Å². The van der Waals surface area contributed by atoms with Crippen molar-refractivity contribution in [2.75, 3.05) is 39.6 Å². The maximum Gasteiger partial charge on any atom is 0.472 e. The molecule has 5 atom stereocenters. The third-order valence-electron chi connectivity index (χ3n) is 15.1. The molecule has 5 unspecified atom stereocenters. The highest BCUT2D eigenvalue weighted by atomic mass is 31.2. The van der Waals surface area contributed by atoms with Gasteiger partial charge in [0.15, 0.2) is 12.2 Å². The van der Waals surface area contributed by atoms with Crippen LogP contribution in [0.15, 0.2) is 170 Å². The Bertz CT molecular complexity index is 2600.